The number of nitrogens with two attached hydrogens (primary N) is 1. The van der Waals surface area contributed by atoms with E-state index in [0.29, 0.717) is 13.0 Å². The first-order chi connectivity index (χ1) is 8.15. The van der Waals surface area contributed by atoms with Crippen LogP contribution < -0.4 is 11.1 Å². The number of carbonyl (C=O) groups excluding carboxylic acids is 1. The topological polar surface area (TPSA) is 55.1 Å². The Morgan fingerprint density at radius 1 is 1.59 bits per heavy atom. The zero-order chi connectivity index (χ0) is 12.3. The third-order valence-electron chi connectivity index (χ3n) is 3.80. The van der Waals surface area contributed by atoms with Gasteiger partial charge in [0.15, 0.2) is 0 Å². The summed E-state index contributed by atoms with van der Waals surface area (Å²) in [5, 5.41) is 5.06. The molecule has 0 aromatic carbocycles. The van der Waals surface area contributed by atoms with Crippen molar-refractivity contribution in [3.63, 3.8) is 0 Å². The maximum atomic E-state index is 11.8. The molecule has 0 spiro atoms. The highest BCUT2D eigenvalue weighted by atomic mass is 32.1. The molecule has 2 rings (SSSR count). The molecule has 1 aromatic heterocycles. The second-order valence-corrected chi connectivity index (χ2v) is 6.04. The summed E-state index contributed by atoms with van der Waals surface area (Å²) in [5.74, 6) is 0.121. The Balaban J connectivity index is 1.80. The molecule has 17 heavy (non-hydrogen) atoms. The third-order valence-corrected chi connectivity index (χ3v) is 4.82. The van der Waals surface area contributed by atoms with Gasteiger partial charge in [-0.05, 0) is 48.7 Å². The summed E-state index contributed by atoms with van der Waals surface area (Å²) in [6, 6.07) is 2.06. The van der Waals surface area contributed by atoms with E-state index in [9.17, 15) is 4.79 Å². The molecule has 1 heterocycles. The first kappa shape index (κ1) is 12.6. The van der Waals surface area contributed by atoms with Crippen molar-refractivity contribution in [2.45, 2.75) is 32.6 Å². The minimum Gasteiger partial charge on any atom is -0.355 e. The second-order valence-electron chi connectivity index (χ2n) is 5.04. The average Bonchev–Trinajstić information content (AvgIpc) is 2.64. The highest BCUT2D eigenvalue weighted by Gasteiger charge is 2.35. The van der Waals surface area contributed by atoms with Crippen LogP contribution in [0.1, 0.15) is 29.7 Å². The number of hydrogen-bond donors (Lipinski definition) is 2. The van der Waals surface area contributed by atoms with Crippen molar-refractivity contribution in [1.29, 1.82) is 0 Å². The molecule has 3 N–H and O–H groups in total. The molecular weight excluding hydrogens is 232 g/mol. The van der Waals surface area contributed by atoms with Crippen LogP contribution in [0.25, 0.3) is 0 Å². The summed E-state index contributed by atoms with van der Waals surface area (Å²) in [7, 11) is 0. The highest BCUT2D eigenvalue weighted by Crippen LogP contribution is 2.39. The zero-order valence-electron chi connectivity index (χ0n) is 10.3. The molecule has 1 aromatic rings. The Morgan fingerprint density at radius 3 is 2.82 bits per heavy atom. The molecule has 0 radical (unpaired) electrons. The normalized spacial score (nSPS) is 17.5. The minimum absolute atomic E-state index is 0.121. The Bertz CT molecular complexity index is 390. The van der Waals surface area contributed by atoms with E-state index in [1.54, 1.807) is 11.3 Å². The number of aryl methyl sites for hydroxylation is 1. The summed E-state index contributed by atoms with van der Waals surface area (Å²) in [5.41, 5.74) is 7.17. The molecule has 1 amide bonds. The van der Waals surface area contributed by atoms with E-state index in [2.05, 4.69) is 11.4 Å². The molecule has 94 valence electrons. The van der Waals surface area contributed by atoms with E-state index in [-0.39, 0.29) is 11.3 Å². The first-order valence-electron chi connectivity index (χ1n) is 6.15. The van der Waals surface area contributed by atoms with Crippen LogP contribution in [-0.4, -0.2) is 19.0 Å². The van der Waals surface area contributed by atoms with Crippen molar-refractivity contribution in [1.82, 2.24) is 5.32 Å². The largest absolute Gasteiger partial charge is 0.355 e. The van der Waals surface area contributed by atoms with Crippen molar-refractivity contribution >= 4 is 17.2 Å². The van der Waals surface area contributed by atoms with Gasteiger partial charge in [-0.1, -0.05) is 6.42 Å². The fourth-order valence-corrected chi connectivity index (χ4v) is 3.11. The number of carbonyl (C=O) groups is 1. The molecule has 1 fully saturated rings. The van der Waals surface area contributed by atoms with Gasteiger partial charge in [-0.15, -0.1) is 11.3 Å². The lowest BCUT2D eigenvalue weighted by atomic mass is 9.69. The van der Waals surface area contributed by atoms with Crippen LogP contribution in [0.4, 0.5) is 0 Å². The smallest absolute Gasteiger partial charge is 0.225 e. The molecule has 3 nitrogen and oxygen atoms in total. The van der Waals surface area contributed by atoms with Gasteiger partial charge in [0, 0.05) is 11.4 Å². The lowest BCUT2D eigenvalue weighted by Gasteiger charge is -2.41. The van der Waals surface area contributed by atoms with Crippen molar-refractivity contribution in [2.75, 3.05) is 13.1 Å². The van der Waals surface area contributed by atoms with Crippen molar-refractivity contribution in [3.05, 3.63) is 21.9 Å². The Kier molecular flexibility index (Phi) is 3.84. The predicted molar refractivity (Wildman–Crippen MR) is 71.1 cm³/mol. The Hall–Kier alpha value is -0.870. The van der Waals surface area contributed by atoms with Crippen LogP contribution in [0, 0.1) is 12.3 Å². The van der Waals surface area contributed by atoms with E-state index >= 15 is 0 Å². The number of rotatable bonds is 5. The van der Waals surface area contributed by atoms with Gasteiger partial charge in [-0.3, -0.25) is 4.79 Å². The number of hydrogen-bond acceptors (Lipinski definition) is 3. The van der Waals surface area contributed by atoms with E-state index in [0.717, 1.165) is 24.3 Å². The average molecular weight is 252 g/mol. The fraction of sp³-hybridized carbons (Fsp3) is 0.615. The molecule has 0 unspecified atom stereocenters. The minimum atomic E-state index is 0.121. The Morgan fingerprint density at radius 2 is 2.35 bits per heavy atom. The van der Waals surface area contributed by atoms with E-state index in [4.69, 9.17) is 5.73 Å². The molecule has 1 saturated carbocycles. The maximum Gasteiger partial charge on any atom is 0.225 e. The van der Waals surface area contributed by atoms with E-state index in [1.807, 2.05) is 12.3 Å². The highest BCUT2D eigenvalue weighted by molar-refractivity contribution is 7.10. The van der Waals surface area contributed by atoms with Gasteiger partial charge >= 0.3 is 0 Å². The molecule has 1 aliphatic rings. The second kappa shape index (κ2) is 5.19. The summed E-state index contributed by atoms with van der Waals surface area (Å²) in [6.45, 7) is 3.48. The van der Waals surface area contributed by atoms with E-state index < -0.39 is 0 Å². The van der Waals surface area contributed by atoms with E-state index in [1.165, 1.54) is 12.0 Å². The van der Waals surface area contributed by atoms with Crippen LogP contribution in [0.2, 0.25) is 0 Å². The lowest BCUT2D eigenvalue weighted by Crippen LogP contribution is -2.47. The van der Waals surface area contributed by atoms with Gasteiger partial charge in [-0.25, -0.2) is 0 Å². The molecule has 4 heteroatoms. The zero-order valence-corrected chi connectivity index (χ0v) is 11.1. The van der Waals surface area contributed by atoms with Crippen LogP contribution >= 0.6 is 11.3 Å². The van der Waals surface area contributed by atoms with Crippen LogP contribution in [0.3, 0.4) is 0 Å². The van der Waals surface area contributed by atoms with Crippen molar-refractivity contribution in [2.24, 2.45) is 11.1 Å². The van der Waals surface area contributed by atoms with Crippen molar-refractivity contribution in [3.8, 4) is 0 Å². The Labute approximate surface area is 106 Å². The van der Waals surface area contributed by atoms with Crippen LogP contribution in [0.5, 0.6) is 0 Å². The number of thiophene rings is 1. The predicted octanol–water partition coefficient (Wildman–Crippen LogP) is 1.84. The number of nitrogens with one attached hydrogen (secondary N) is 1. The molecule has 1 aliphatic carbocycles. The van der Waals surface area contributed by atoms with Gasteiger partial charge in [0.25, 0.3) is 0 Å². The first-order valence-corrected chi connectivity index (χ1v) is 7.03. The monoisotopic (exact) mass is 252 g/mol. The van der Waals surface area contributed by atoms with Gasteiger partial charge in [0.2, 0.25) is 5.91 Å². The molecular formula is C13H20N2OS. The van der Waals surface area contributed by atoms with Gasteiger partial charge in [0.1, 0.15) is 0 Å². The number of amides is 1. The van der Waals surface area contributed by atoms with Crippen molar-refractivity contribution < 1.29 is 4.79 Å². The quantitative estimate of drug-likeness (QED) is 0.840. The van der Waals surface area contributed by atoms with Gasteiger partial charge < -0.3 is 11.1 Å². The fourth-order valence-electron chi connectivity index (χ4n) is 2.21. The summed E-state index contributed by atoms with van der Waals surface area (Å²) >= 11 is 1.65. The lowest BCUT2D eigenvalue weighted by molar-refractivity contribution is -0.121. The standard InChI is InChI=1S/C13H20N2OS/c1-10-3-6-17-11(10)7-12(16)15-9-13(8-14)4-2-5-13/h3,6H,2,4-5,7-9,14H2,1H3,(H,15,16). The molecule has 0 atom stereocenters. The van der Waals surface area contributed by atoms with Crippen LogP contribution in [-0.2, 0) is 11.2 Å². The maximum absolute atomic E-state index is 11.8. The van der Waals surface area contributed by atoms with Gasteiger partial charge in [-0.2, -0.15) is 0 Å². The van der Waals surface area contributed by atoms with Crippen LogP contribution in [0.15, 0.2) is 11.4 Å². The summed E-state index contributed by atoms with van der Waals surface area (Å²) in [4.78, 5) is 13.0. The molecule has 0 aliphatic heterocycles. The molecule has 0 saturated heterocycles. The summed E-state index contributed by atoms with van der Waals surface area (Å²) < 4.78 is 0. The molecule has 0 bridgehead atoms. The SMILES string of the molecule is Cc1ccsc1CC(=O)NCC1(CN)CCC1. The summed E-state index contributed by atoms with van der Waals surface area (Å²) in [6.07, 6.45) is 4.06. The third kappa shape index (κ3) is 2.87. The van der Waals surface area contributed by atoms with Gasteiger partial charge in [0.05, 0.1) is 6.42 Å².